The van der Waals surface area contributed by atoms with Gasteiger partial charge in [0.05, 0.1) is 6.42 Å². The molecule has 0 atom stereocenters. The molecular formula is C15H28N2O3. The van der Waals surface area contributed by atoms with E-state index in [1.165, 1.54) is 0 Å². The second kappa shape index (κ2) is 7.07. The van der Waals surface area contributed by atoms with Gasteiger partial charge in [-0.25, -0.2) is 0 Å². The molecule has 116 valence electrons. The molecule has 1 heterocycles. The maximum atomic E-state index is 12.0. The average molecular weight is 284 g/mol. The molecule has 0 radical (unpaired) electrons. The molecule has 5 heteroatoms. The van der Waals surface area contributed by atoms with Crippen molar-refractivity contribution in [1.82, 2.24) is 9.80 Å². The molecule has 1 aliphatic heterocycles. The second-order valence-corrected chi connectivity index (χ2v) is 6.60. The molecule has 0 spiro atoms. The lowest BCUT2D eigenvalue weighted by atomic mass is 10.2. The third-order valence-corrected chi connectivity index (χ3v) is 3.36. The Morgan fingerprint density at radius 2 is 1.60 bits per heavy atom. The summed E-state index contributed by atoms with van der Waals surface area (Å²) in [6.07, 6.45) is 0.414. The summed E-state index contributed by atoms with van der Waals surface area (Å²) in [7, 11) is 0. The highest BCUT2D eigenvalue weighted by Gasteiger charge is 2.23. The molecule has 0 aromatic carbocycles. The van der Waals surface area contributed by atoms with Gasteiger partial charge in [0.2, 0.25) is 5.91 Å². The molecule has 1 saturated heterocycles. The maximum Gasteiger partial charge on any atom is 0.306 e. The summed E-state index contributed by atoms with van der Waals surface area (Å²) >= 11 is 0. The summed E-state index contributed by atoms with van der Waals surface area (Å²) in [6.45, 7) is 13.2. The Morgan fingerprint density at radius 1 is 1.05 bits per heavy atom. The average Bonchev–Trinajstić information content (AvgIpc) is 2.34. The smallest absolute Gasteiger partial charge is 0.306 e. The maximum absolute atomic E-state index is 12.0. The van der Waals surface area contributed by atoms with E-state index in [2.05, 4.69) is 18.7 Å². The van der Waals surface area contributed by atoms with Crippen LogP contribution in [0.15, 0.2) is 0 Å². The highest BCUT2D eigenvalue weighted by atomic mass is 16.6. The number of hydrogen-bond acceptors (Lipinski definition) is 4. The van der Waals surface area contributed by atoms with Gasteiger partial charge >= 0.3 is 5.97 Å². The largest absolute Gasteiger partial charge is 0.460 e. The minimum Gasteiger partial charge on any atom is -0.460 e. The van der Waals surface area contributed by atoms with Gasteiger partial charge in [-0.3, -0.25) is 14.5 Å². The highest BCUT2D eigenvalue weighted by Crippen LogP contribution is 2.11. The zero-order chi connectivity index (χ0) is 15.3. The van der Waals surface area contributed by atoms with Crippen LogP contribution in [0.5, 0.6) is 0 Å². The normalized spacial score (nSPS) is 17.4. The van der Waals surface area contributed by atoms with E-state index >= 15 is 0 Å². The first-order valence-electron chi connectivity index (χ1n) is 7.43. The number of amides is 1. The van der Waals surface area contributed by atoms with Crippen molar-refractivity contribution < 1.29 is 14.3 Å². The molecule has 1 fully saturated rings. The molecule has 0 saturated carbocycles. The molecule has 0 aromatic rings. The third-order valence-electron chi connectivity index (χ3n) is 3.36. The van der Waals surface area contributed by atoms with Crippen molar-refractivity contribution >= 4 is 11.9 Å². The van der Waals surface area contributed by atoms with Gasteiger partial charge < -0.3 is 9.64 Å². The van der Waals surface area contributed by atoms with Gasteiger partial charge in [0, 0.05) is 38.6 Å². The van der Waals surface area contributed by atoms with Gasteiger partial charge in [-0.2, -0.15) is 0 Å². The Bertz CT molecular complexity index is 340. The summed E-state index contributed by atoms with van der Waals surface area (Å²) in [6, 6.07) is 0.522. The van der Waals surface area contributed by atoms with Crippen LogP contribution in [0.2, 0.25) is 0 Å². The van der Waals surface area contributed by atoms with Crippen LogP contribution >= 0.6 is 0 Å². The number of ether oxygens (including phenoxy) is 1. The molecule has 5 nitrogen and oxygen atoms in total. The number of esters is 1. The number of carbonyl (C=O) groups excluding carboxylic acids is 2. The molecular weight excluding hydrogens is 256 g/mol. The minimum absolute atomic E-state index is 0.0549. The lowest BCUT2D eigenvalue weighted by Gasteiger charge is -2.37. The Labute approximate surface area is 122 Å². The van der Waals surface area contributed by atoms with Crippen molar-refractivity contribution in [1.29, 1.82) is 0 Å². The standard InChI is InChI=1S/C15H28N2O3/c1-12(2)16-8-10-17(11-9-16)13(18)6-7-14(19)20-15(3,4)5/h12H,6-11H2,1-5H3. The summed E-state index contributed by atoms with van der Waals surface area (Å²) in [5.74, 6) is -0.245. The van der Waals surface area contributed by atoms with E-state index in [1.54, 1.807) is 0 Å². The third kappa shape index (κ3) is 5.90. The summed E-state index contributed by atoms with van der Waals surface area (Å²) in [4.78, 5) is 27.8. The molecule has 0 unspecified atom stereocenters. The molecule has 1 amide bonds. The number of hydrogen-bond donors (Lipinski definition) is 0. The van der Waals surface area contributed by atoms with E-state index in [0.717, 1.165) is 26.2 Å². The fourth-order valence-electron chi connectivity index (χ4n) is 2.25. The SMILES string of the molecule is CC(C)N1CCN(C(=O)CCC(=O)OC(C)(C)C)CC1. The Balaban J connectivity index is 2.29. The first-order valence-corrected chi connectivity index (χ1v) is 7.43. The Morgan fingerprint density at radius 3 is 2.05 bits per heavy atom. The number of piperazine rings is 1. The quantitative estimate of drug-likeness (QED) is 0.737. The van der Waals surface area contributed by atoms with Crippen LogP contribution < -0.4 is 0 Å². The zero-order valence-corrected chi connectivity index (χ0v) is 13.4. The molecule has 0 N–H and O–H groups in total. The molecule has 1 rings (SSSR count). The fraction of sp³-hybridized carbons (Fsp3) is 0.867. The molecule has 1 aliphatic rings. The molecule has 0 bridgehead atoms. The van der Waals surface area contributed by atoms with Crippen molar-refractivity contribution in [2.24, 2.45) is 0 Å². The molecule has 0 aromatic heterocycles. The number of rotatable bonds is 4. The second-order valence-electron chi connectivity index (χ2n) is 6.60. The van der Waals surface area contributed by atoms with Crippen LogP contribution in [0, 0.1) is 0 Å². The lowest BCUT2D eigenvalue weighted by molar-refractivity contribution is -0.156. The van der Waals surface area contributed by atoms with Gasteiger partial charge in [-0.15, -0.1) is 0 Å². The first kappa shape index (κ1) is 17.0. The number of carbonyl (C=O) groups is 2. The zero-order valence-electron chi connectivity index (χ0n) is 13.4. The predicted octanol–water partition coefficient (Wildman–Crippen LogP) is 1.66. The van der Waals surface area contributed by atoms with E-state index in [0.29, 0.717) is 6.04 Å². The topological polar surface area (TPSA) is 49.9 Å². The van der Waals surface area contributed by atoms with Gasteiger partial charge in [0.25, 0.3) is 0 Å². The number of nitrogens with zero attached hydrogens (tertiary/aromatic N) is 2. The lowest BCUT2D eigenvalue weighted by Crippen LogP contribution is -2.50. The van der Waals surface area contributed by atoms with E-state index < -0.39 is 5.60 Å². The van der Waals surface area contributed by atoms with Crippen LogP contribution in [0.4, 0.5) is 0 Å². The Hall–Kier alpha value is -1.10. The summed E-state index contributed by atoms with van der Waals surface area (Å²) < 4.78 is 5.21. The van der Waals surface area contributed by atoms with Crippen molar-refractivity contribution in [3.63, 3.8) is 0 Å². The van der Waals surface area contributed by atoms with Crippen LogP contribution in [0.1, 0.15) is 47.5 Å². The van der Waals surface area contributed by atoms with E-state index in [9.17, 15) is 9.59 Å². The fourth-order valence-corrected chi connectivity index (χ4v) is 2.25. The van der Waals surface area contributed by atoms with Crippen molar-refractivity contribution in [2.45, 2.75) is 59.1 Å². The van der Waals surface area contributed by atoms with Gasteiger partial charge in [-0.1, -0.05) is 0 Å². The molecule has 0 aliphatic carbocycles. The van der Waals surface area contributed by atoms with E-state index in [-0.39, 0.29) is 24.7 Å². The van der Waals surface area contributed by atoms with Gasteiger partial charge in [0.1, 0.15) is 5.60 Å². The van der Waals surface area contributed by atoms with Gasteiger partial charge in [0.15, 0.2) is 0 Å². The van der Waals surface area contributed by atoms with Crippen LogP contribution in [0.25, 0.3) is 0 Å². The van der Waals surface area contributed by atoms with Crippen molar-refractivity contribution in [3.05, 3.63) is 0 Å². The van der Waals surface area contributed by atoms with Crippen LogP contribution in [-0.4, -0.2) is 59.5 Å². The first-order chi connectivity index (χ1) is 9.19. The van der Waals surface area contributed by atoms with Crippen molar-refractivity contribution in [3.8, 4) is 0 Å². The van der Waals surface area contributed by atoms with Crippen LogP contribution in [0.3, 0.4) is 0 Å². The monoisotopic (exact) mass is 284 g/mol. The van der Waals surface area contributed by atoms with E-state index in [4.69, 9.17) is 4.74 Å². The molecule has 20 heavy (non-hydrogen) atoms. The predicted molar refractivity (Wildman–Crippen MR) is 78.4 cm³/mol. The summed E-state index contributed by atoms with van der Waals surface area (Å²) in [5.41, 5.74) is -0.483. The van der Waals surface area contributed by atoms with Gasteiger partial charge in [-0.05, 0) is 34.6 Å². The van der Waals surface area contributed by atoms with Crippen LogP contribution in [-0.2, 0) is 14.3 Å². The minimum atomic E-state index is -0.483. The Kier molecular flexibility index (Phi) is 5.99. The summed E-state index contributed by atoms with van der Waals surface area (Å²) in [5, 5.41) is 0. The van der Waals surface area contributed by atoms with Crippen molar-refractivity contribution in [2.75, 3.05) is 26.2 Å². The van der Waals surface area contributed by atoms with E-state index in [1.807, 2.05) is 25.7 Å². The highest BCUT2D eigenvalue weighted by molar-refractivity contribution is 5.81.